The minimum atomic E-state index is -0.196. The molecule has 3 aromatic rings. The fraction of sp³-hybridized carbons (Fsp3) is 0.182. The van der Waals surface area contributed by atoms with E-state index in [1.165, 1.54) is 5.56 Å². The second-order valence-electron chi connectivity index (χ2n) is 6.61. The summed E-state index contributed by atoms with van der Waals surface area (Å²) >= 11 is 0. The molecule has 4 heteroatoms. The average molecular weight is 343 g/mol. The Balaban J connectivity index is 1.75. The van der Waals surface area contributed by atoms with Gasteiger partial charge in [-0.2, -0.15) is 0 Å². The zero-order valence-corrected chi connectivity index (χ0v) is 14.6. The second kappa shape index (κ2) is 7.10. The maximum Gasteiger partial charge on any atom is 0.127 e. The Morgan fingerprint density at radius 2 is 1.81 bits per heavy atom. The van der Waals surface area contributed by atoms with Gasteiger partial charge in [-0.1, -0.05) is 54.1 Å². The molecule has 26 heavy (non-hydrogen) atoms. The first-order valence-corrected chi connectivity index (χ1v) is 8.78. The summed E-state index contributed by atoms with van der Waals surface area (Å²) in [5.41, 5.74) is 5.28. The number of aliphatic imine (C=N–C) groups is 1. The normalized spacial score (nSPS) is 19.8. The second-order valence-corrected chi connectivity index (χ2v) is 6.61. The van der Waals surface area contributed by atoms with Crippen molar-refractivity contribution in [2.75, 3.05) is 0 Å². The van der Waals surface area contributed by atoms with Gasteiger partial charge in [0, 0.05) is 41.7 Å². The molecule has 1 aromatic heterocycles. The Kier molecular flexibility index (Phi) is 4.50. The number of rotatable bonds is 3. The molecular weight excluding hydrogens is 322 g/mol. The van der Waals surface area contributed by atoms with Gasteiger partial charge in [-0.25, -0.2) is 0 Å². The van der Waals surface area contributed by atoms with Crippen molar-refractivity contribution < 1.29 is 5.11 Å². The molecule has 2 atom stereocenters. The lowest BCUT2D eigenvalue weighted by molar-refractivity contribution is 0.412. The summed E-state index contributed by atoms with van der Waals surface area (Å²) in [6.45, 7) is 2.08. The number of aromatic hydroxyl groups is 1. The van der Waals surface area contributed by atoms with Crippen LogP contribution in [0, 0.1) is 6.92 Å². The van der Waals surface area contributed by atoms with E-state index in [1.54, 1.807) is 12.3 Å². The SMILES string of the molecule is Cc1ccc(C2=N[C@@H](c3cccnc3)N[C@@H](c3ccccc3O)C2)cc1. The van der Waals surface area contributed by atoms with Gasteiger partial charge in [0.1, 0.15) is 11.9 Å². The summed E-state index contributed by atoms with van der Waals surface area (Å²) in [5, 5.41) is 13.9. The van der Waals surface area contributed by atoms with Crippen LogP contribution in [-0.2, 0) is 0 Å². The van der Waals surface area contributed by atoms with Gasteiger partial charge in [-0.05, 0) is 24.6 Å². The van der Waals surface area contributed by atoms with Crippen LogP contribution >= 0.6 is 0 Å². The highest BCUT2D eigenvalue weighted by molar-refractivity contribution is 6.01. The number of hydrogen-bond donors (Lipinski definition) is 2. The summed E-state index contributed by atoms with van der Waals surface area (Å²) < 4.78 is 0. The zero-order valence-electron chi connectivity index (χ0n) is 14.6. The van der Waals surface area contributed by atoms with E-state index in [9.17, 15) is 5.11 Å². The quantitative estimate of drug-likeness (QED) is 0.745. The third-order valence-electron chi connectivity index (χ3n) is 4.74. The molecule has 2 N–H and O–H groups in total. The van der Waals surface area contributed by atoms with Gasteiger partial charge >= 0.3 is 0 Å². The van der Waals surface area contributed by atoms with Crippen LogP contribution in [0.2, 0.25) is 0 Å². The molecule has 0 saturated carbocycles. The third-order valence-corrected chi connectivity index (χ3v) is 4.74. The predicted molar refractivity (Wildman–Crippen MR) is 103 cm³/mol. The highest BCUT2D eigenvalue weighted by Gasteiger charge is 2.27. The summed E-state index contributed by atoms with van der Waals surface area (Å²) in [5.74, 6) is 0.306. The first kappa shape index (κ1) is 16.5. The van der Waals surface area contributed by atoms with Crippen LogP contribution in [0.4, 0.5) is 0 Å². The minimum Gasteiger partial charge on any atom is -0.508 e. The highest BCUT2D eigenvalue weighted by Crippen LogP contribution is 2.34. The zero-order chi connectivity index (χ0) is 17.9. The maximum atomic E-state index is 10.3. The number of nitrogens with one attached hydrogen (secondary N) is 1. The van der Waals surface area contributed by atoms with Crippen molar-refractivity contribution in [3.05, 3.63) is 95.3 Å². The molecular formula is C22H21N3O. The van der Waals surface area contributed by atoms with Crippen LogP contribution in [-0.4, -0.2) is 15.8 Å². The van der Waals surface area contributed by atoms with E-state index in [2.05, 4.69) is 41.5 Å². The van der Waals surface area contributed by atoms with Crippen LogP contribution in [0.5, 0.6) is 5.75 Å². The topological polar surface area (TPSA) is 57.5 Å². The standard InChI is InChI=1S/C22H21N3O/c1-15-8-10-16(11-9-15)19-13-20(18-6-2-3-7-21(18)26)25-22(24-19)17-5-4-12-23-14-17/h2-12,14,20,22,25-26H,13H2,1H3/t20-,22-/m1/s1. The van der Waals surface area contributed by atoms with Crippen molar-refractivity contribution in [3.8, 4) is 5.75 Å². The number of aromatic nitrogens is 1. The van der Waals surface area contributed by atoms with Gasteiger partial charge in [0.15, 0.2) is 0 Å². The molecule has 0 saturated heterocycles. The molecule has 2 aromatic carbocycles. The summed E-state index contributed by atoms with van der Waals surface area (Å²) in [7, 11) is 0. The van der Waals surface area contributed by atoms with Gasteiger partial charge in [-0.3, -0.25) is 15.3 Å². The van der Waals surface area contributed by atoms with Crippen LogP contribution in [0.3, 0.4) is 0 Å². The van der Waals surface area contributed by atoms with Crippen molar-refractivity contribution in [3.63, 3.8) is 0 Å². The molecule has 4 nitrogen and oxygen atoms in total. The molecule has 0 unspecified atom stereocenters. The molecule has 130 valence electrons. The van der Waals surface area contributed by atoms with Crippen molar-refractivity contribution in [1.82, 2.24) is 10.3 Å². The van der Waals surface area contributed by atoms with E-state index in [-0.39, 0.29) is 12.2 Å². The van der Waals surface area contributed by atoms with Gasteiger partial charge < -0.3 is 5.11 Å². The Labute approximate surface area is 153 Å². The van der Waals surface area contributed by atoms with Gasteiger partial charge in [-0.15, -0.1) is 0 Å². The Hall–Kier alpha value is -2.98. The number of nitrogens with zero attached hydrogens (tertiary/aromatic N) is 2. The van der Waals surface area contributed by atoms with Crippen LogP contribution in [0.15, 0.2) is 78.0 Å². The number of benzene rings is 2. The summed E-state index contributed by atoms with van der Waals surface area (Å²) in [4.78, 5) is 9.17. The van der Waals surface area contributed by atoms with Crippen molar-refractivity contribution in [2.24, 2.45) is 4.99 Å². The molecule has 1 aliphatic heterocycles. The van der Waals surface area contributed by atoms with Gasteiger partial charge in [0.2, 0.25) is 0 Å². The van der Waals surface area contributed by atoms with Gasteiger partial charge in [0.25, 0.3) is 0 Å². The lowest BCUT2D eigenvalue weighted by Crippen LogP contribution is -2.33. The first-order valence-electron chi connectivity index (χ1n) is 8.78. The molecule has 2 heterocycles. The lowest BCUT2D eigenvalue weighted by atomic mass is 9.93. The van der Waals surface area contributed by atoms with Crippen molar-refractivity contribution in [1.29, 1.82) is 0 Å². The Bertz CT molecular complexity index is 920. The number of phenolic OH excluding ortho intramolecular Hbond substituents is 1. The number of aryl methyl sites for hydroxylation is 1. The monoisotopic (exact) mass is 343 g/mol. The molecule has 0 fully saturated rings. The first-order chi connectivity index (χ1) is 12.7. The van der Waals surface area contributed by atoms with Crippen molar-refractivity contribution >= 4 is 5.71 Å². The lowest BCUT2D eigenvalue weighted by Gasteiger charge is -2.30. The average Bonchev–Trinajstić information content (AvgIpc) is 2.69. The molecule has 0 radical (unpaired) electrons. The fourth-order valence-corrected chi connectivity index (χ4v) is 3.32. The molecule has 0 spiro atoms. The summed E-state index contributed by atoms with van der Waals surface area (Å²) in [6.07, 6.45) is 4.12. The van der Waals surface area contributed by atoms with E-state index in [0.717, 1.165) is 28.8 Å². The van der Waals surface area contributed by atoms with Crippen LogP contribution in [0.25, 0.3) is 0 Å². The van der Waals surface area contributed by atoms with Crippen molar-refractivity contribution in [2.45, 2.75) is 25.6 Å². The number of pyridine rings is 1. The molecule has 1 aliphatic rings. The highest BCUT2D eigenvalue weighted by atomic mass is 16.3. The molecule has 0 aliphatic carbocycles. The number of para-hydroxylation sites is 1. The van der Waals surface area contributed by atoms with E-state index in [4.69, 9.17) is 4.99 Å². The Morgan fingerprint density at radius 3 is 2.54 bits per heavy atom. The van der Waals surface area contributed by atoms with Crippen LogP contribution in [0.1, 0.15) is 40.9 Å². The fourth-order valence-electron chi connectivity index (χ4n) is 3.32. The number of hydrogen-bond acceptors (Lipinski definition) is 4. The van der Waals surface area contributed by atoms with E-state index < -0.39 is 0 Å². The Morgan fingerprint density at radius 1 is 1.00 bits per heavy atom. The third kappa shape index (κ3) is 3.37. The number of phenols is 1. The smallest absolute Gasteiger partial charge is 0.127 e. The van der Waals surface area contributed by atoms with Gasteiger partial charge in [0.05, 0.1) is 0 Å². The largest absolute Gasteiger partial charge is 0.508 e. The maximum absolute atomic E-state index is 10.3. The predicted octanol–water partition coefficient (Wildman–Crippen LogP) is 4.32. The van der Waals surface area contributed by atoms with E-state index in [1.807, 2.05) is 36.5 Å². The molecule has 0 amide bonds. The molecule has 4 rings (SSSR count). The van der Waals surface area contributed by atoms with E-state index in [0.29, 0.717) is 5.75 Å². The van der Waals surface area contributed by atoms with E-state index >= 15 is 0 Å². The molecule has 0 bridgehead atoms. The summed E-state index contributed by atoms with van der Waals surface area (Å²) in [6, 6.07) is 19.8. The van der Waals surface area contributed by atoms with Crippen LogP contribution < -0.4 is 5.32 Å². The minimum absolute atomic E-state index is 0.0183.